The van der Waals surface area contributed by atoms with Crippen molar-refractivity contribution in [2.45, 2.75) is 13.5 Å². The Morgan fingerprint density at radius 1 is 1.26 bits per heavy atom. The van der Waals surface area contributed by atoms with Gasteiger partial charge in [-0.25, -0.2) is 4.98 Å². The van der Waals surface area contributed by atoms with Crippen LogP contribution in [0, 0.1) is 6.92 Å². The number of anilines is 1. The van der Waals surface area contributed by atoms with E-state index in [0.717, 1.165) is 29.1 Å². The normalized spacial score (nSPS) is 10.2. The molecule has 2 heterocycles. The fourth-order valence-electron chi connectivity index (χ4n) is 1.97. The minimum atomic E-state index is 0.377. The molecule has 0 aliphatic rings. The monoisotopic (exact) mass is 272 g/mol. The maximum Gasteiger partial charge on any atom is 0.139 e. The summed E-state index contributed by atoms with van der Waals surface area (Å²) in [5, 5.41) is 0. The lowest BCUT2D eigenvalue weighted by atomic mass is 10.1. The summed E-state index contributed by atoms with van der Waals surface area (Å²) in [5.41, 5.74) is 8.85. The third kappa shape index (κ3) is 3.06. The molecule has 5 heteroatoms. The number of hydrogen-bond acceptors (Lipinski definition) is 4. The largest absolute Gasteiger partial charge is 0.389 e. The topological polar surface area (TPSA) is 55.0 Å². The van der Waals surface area contributed by atoms with Gasteiger partial charge < -0.3 is 10.6 Å². The number of rotatable bonds is 4. The van der Waals surface area contributed by atoms with Crippen LogP contribution >= 0.6 is 12.2 Å². The van der Waals surface area contributed by atoms with Crippen LogP contribution in [0.15, 0.2) is 36.8 Å². The number of aromatic nitrogens is 2. The first kappa shape index (κ1) is 13.4. The lowest BCUT2D eigenvalue weighted by molar-refractivity contribution is 0.892. The van der Waals surface area contributed by atoms with Gasteiger partial charge in [0.25, 0.3) is 0 Å². The van der Waals surface area contributed by atoms with Crippen LogP contribution < -0.4 is 10.6 Å². The molecule has 0 aliphatic heterocycles. The maximum atomic E-state index is 5.80. The van der Waals surface area contributed by atoms with Crippen molar-refractivity contribution < 1.29 is 0 Å². The molecular weight excluding hydrogens is 256 g/mol. The molecule has 0 saturated carbocycles. The smallest absolute Gasteiger partial charge is 0.139 e. The first-order chi connectivity index (χ1) is 9.09. The minimum Gasteiger partial charge on any atom is -0.389 e. The average molecular weight is 272 g/mol. The molecule has 0 bridgehead atoms. The highest BCUT2D eigenvalue weighted by atomic mass is 32.1. The van der Waals surface area contributed by atoms with E-state index < -0.39 is 0 Å². The summed E-state index contributed by atoms with van der Waals surface area (Å²) in [6.45, 7) is 2.72. The summed E-state index contributed by atoms with van der Waals surface area (Å²) in [6.07, 6.45) is 5.33. The lowest BCUT2D eigenvalue weighted by Crippen LogP contribution is -2.23. The van der Waals surface area contributed by atoms with Gasteiger partial charge in [-0.1, -0.05) is 12.2 Å². The number of pyridine rings is 2. The van der Waals surface area contributed by atoms with Crippen molar-refractivity contribution in [1.82, 2.24) is 9.97 Å². The molecule has 2 rings (SSSR count). The Balaban J connectivity index is 2.31. The van der Waals surface area contributed by atoms with Crippen LogP contribution in [-0.4, -0.2) is 22.0 Å². The van der Waals surface area contributed by atoms with E-state index in [1.54, 1.807) is 18.6 Å². The lowest BCUT2D eigenvalue weighted by Gasteiger charge is -2.21. The Kier molecular flexibility index (Phi) is 4.06. The molecular formula is C14H16N4S. The first-order valence-electron chi connectivity index (χ1n) is 5.95. The zero-order chi connectivity index (χ0) is 13.8. The standard InChI is InChI=1S/C14H16N4S/c1-10-3-8-17-14(12(10)13(15)19)18(2)9-11-4-6-16-7-5-11/h3-8H,9H2,1-2H3,(H2,15,19). The molecule has 0 amide bonds. The minimum absolute atomic E-state index is 0.377. The Hall–Kier alpha value is -2.01. The van der Waals surface area contributed by atoms with E-state index in [1.165, 1.54) is 0 Å². The molecule has 98 valence electrons. The van der Waals surface area contributed by atoms with Crippen LogP contribution in [0.5, 0.6) is 0 Å². The molecule has 19 heavy (non-hydrogen) atoms. The van der Waals surface area contributed by atoms with Crippen molar-refractivity contribution in [2.24, 2.45) is 5.73 Å². The van der Waals surface area contributed by atoms with Crippen molar-refractivity contribution in [3.8, 4) is 0 Å². The summed E-state index contributed by atoms with van der Waals surface area (Å²) in [4.78, 5) is 10.8. The maximum absolute atomic E-state index is 5.80. The van der Waals surface area contributed by atoms with Crippen molar-refractivity contribution in [2.75, 3.05) is 11.9 Å². The van der Waals surface area contributed by atoms with Crippen molar-refractivity contribution in [3.63, 3.8) is 0 Å². The van der Waals surface area contributed by atoms with Crippen molar-refractivity contribution in [3.05, 3.63) is 53.5 Å². The number of nitrogens with zero attached hydrogens (tertiary/aromatic N) is 3. The van der Waals surface area contributed by atoms with Crippen LogP contribution in [0.4, 0.5) is 5.82 Å². The summed E-state index contributed by atoms with van der Waals surface area (Å²) < 4.78 is 0. The Labute approximate surface area is 118 Å². The van der Waals surface area contributed by atoms with Gasteiger partial charge in [-0.05, 0) is 36.2 Å². The summed E-state index contributed by atoms with van der Waals surface area (Å²) in [7, 11) is 1.98. The van der Waals surface area contributed by atoms with Gasteiger partial charge in [-0.3, -0.25) is 4.98 Å². The SMILES string of the molecule is Cc1ccnc(N(C)Cc2ccncc2)c1C(N)=S. The Bertz CT molecular complexity index is 583. The zero-order valence-electron chi connectivity index (χ0n) is 11.0. The molecule has 2 aromatic rings. The number of nitrogens with two attached hydrogens (primary N) is 1. The highest BCUT2D eigenvalue weighted by Gasteiger charge is 2.13. The predicted octanol–water partition coefficient (Wildman–Crippen LogP) is 2.06. The molecule has 0 saturated heterocycles. The van der Waals surface area contributed by atoms with E-state index in [4.69, 9.17) is 18.0 Å². The van der Waals surface area contributed by atoms with Gasteiger partial charge in [0.1, 0.15) is 10.8 Å². The quantitative estimate of drug-likeness (QED) is 0.863. The third-order valence-corrected chi connectivity index (χ3v) is 3.12. The van der Waals surface area contributed by atoms with Crippen LogP contribution in [0.25, 0.3) is 0 Å². The van der Waals surface area contributed by atoms with Crippen LogP contribution in [0.1, 0.15) is 16.7 Å². The van der Waals surface area contributed by atoms with Gasteiger partial charge in [0.15, 0.2) is 0 Å². The average Bonchev–Trinajstić information content (AvgIpc) is 2.39. The van der Waals surface area contributed by atoms with Crippen LogP contribution in [-0.2, 0) is 6.54 Å². The Morgan fingerprint density at radius 3 is 2.58 bits per heavy atom. The van der Waals surface area contributed by atoms with Gasteiger partial charge in [0.05, 0.1) is 5.56 Å². The molecule has 0 fully saturated rings. The third-order valence-electron chi connectivity index (χ3n) is 2.92. The van der Waals surface area contributed by atoms with Gasteiger partial charge in [-0.15, -0.1) is 0 Å². The van der Waals surface area contributed by atoms with E-state index >= 15 is 0 Å². The van der Waals surface area contributed by atoms with E-state index in [0.29, 0.717) is 4.99 Å². The van der Waals surface area contributed by atoms with E-state index in [1.807, 2.05) is 37.1 Å². The van der Waals surface area contributed by atoms with E-state index in [9.17, 15) is 0 Å². The molecule has 0 atom stereocenters. The van der Waals surface area contributed by atoms with E-state index in [2.05, 4.69) is 9.97 Å². The molecule has 4 nitrogen and oxygen atoms in total. The fraction of sp³-hybridized carbons (Fsp3) is 0.214. The Morgan fingerprint density at radius 2 is 1.95 bits per heavy atom. The second-order valence-electron chi connectivity index (χ2n) is 4.40. The van der Waals surface area contributed by atoms with Gasteiger partial charge >= 0.3 is 0 Å². The second kappa shape index (κ2) is 5.75. The summed E-state index contributed by atoms with van der Waals surface area (Å²) >= 11 is 5.12. The second-order valence-corrected chi connectivity index (χ2v) is 4.84. The molecule has 2 aromatic heterocycles. The van der Waals surface area contributed by atoms with Crippen LogP contribution in [0.2, 0.25) is 0 Å². The molecule has 0 unspecified atom stereocenters. The highest BCUT2D eigenvalue weighted by Crippen LogP contribution is 2.21. The molecule has 2 N–H and O–H groups in total. The van der Waals surface area contributed by atoms with E-state index in [-0.39, 0.29) is 0 Å². The van der Waals surface area contributed by atoms with Gasteiger partial charge in [0, 0.05) is 32.2 Å². The van der Waals surface area contributed by atoms with Crippen molar-refractivity contribution in [1.29, 1.82) is 0 Å². The number of aryl methyl sites for hydroxylation is 1. The van der Waals surface area contributed by atoms with Gasteiger partial charge in [-0.2, -0.15) is 0 Å². The number of thiocarbonyl (C=S) groups is 1. The van der Waals surface area contributed by atoms with Gasteiger partial charge in [0.2, 0.25) is 0 Å². The fourth-order valence-corrected chi connectivity index (χ4v) is 2.23. The molecule has 0 spiro atoms. The van der Waals surface area contributed by atoms with Crippen molar-refractivity contribution >= 4 is 23.0 Å². The highest BCUT2D eigenvalue weighted by molar-refractivity contribution is 7.80. The van der Waals surface area contributed by atoms with Crippen LogP contribution in [0.3, 0.4) is 0 Å². The molecule has 0 aromatic carbocycles. The first-order valence-corrected chi connectivity index (χ1v) is 6.36. The number of hydrogen-bond donors (Lipinski definition) is 1. The predicted molar refractivity (Wildman–Crippen MR) is 81.2 cm³/mol. The summed E-state index contributed by atoms with van der Waals surface area (Å²) in [5.74, 6) is 0.810. The summed E-state index contributed by atoms with van der Waals surface area (Å²) in [6, 6.07) is 5.87. The molecule has 0 aliphatic carbocycles. The molecule has 0 radical (unpaired) electrons. The zero-order valence-corrected chi connectivity index (χ0v) is 11.8.